The molecule has 2 aromatic carbocycles. The van der Waals surface area contributed by atoms with E-state index in [1.165, 1.54) is 11.1 Å². The first-order chi connectivity index (χ1) is 13.2. The van der Waals surface area contributed by atoms with Gasteiger partial charge in [-0.3, -0.25) is 4.79 Å². The van der Waals surface area contributed by atoms with Crippen molar-refractivity contribution in [1.82, 2.24) is 0 Å². The number of rotatable bonds is 3. The third-order valence-electron chi connectivity index (χ3n) is 6.44. The molecule has 0 atom stereocenters. The summed E-state index contributed by atoms with van der Waals surface area (Å²) in [5.41, 5.74) is 5.30. The van der Waals surface area contributed by atoms with Crippen LogP contribution in [0.3, 0.4) is 0 Å². The van der Waals surface area contributed by atoms with Crippen molar-refractivity contribution >= 4 is 24.2 Å². The minimum absolute atomic E-state index is 0.0990. The molecule has 146 valence electrons. The average Bonchev–Trinajstić information content (AvgIpc) is 3.18. The lowest BCUT2D eigenvalue weighted by atomic mass is 9.75. The van der Waals surface area contributed by atoms with Gasteiger partial charge in [0.1, 0.15) is 0 Å². The number of hydrogen-bond donors (Lipinski definition) is 1. The lowest BCUT2D eigenvalue weighted by Gasteiger charge is -2.32. The largest absolute Gasteiger partial charge is 0.495 e. The second-order valence-corrected chi connectivity index (χ2v) is 8.91. The molecule has 28 heavy (non-hydrogen) atoms. The van der Waals surface area contributed by atoms with Gasteiger partial charge in [-0.25, -0.2) is 0 Å². The average molecular weight is 377 g/mol. The van der Waals surface area contributed by atoms with Gasteiger partial charge in [-0.15, -0.1) is 0 Å². The van der Waals surface area contributed by atoms with Gasteiger partial charge in [-0.2, -0.15) is 0 Å². The molecule has 5 heteroatoms. The molecule has 1 aliphatic carbocycles. The van der Waals surface area contributed by atoms with Gasteiger partial charge in [0.15, 0.2) is 0 Å². The third kappa shape index (κ3) is 3.27. The summed E-state index contributed by atoms with van der Waals surface area (Å²) in [7, 11) is -0.473. The Hall–Kier alpha value is -2.11. The van der Waals surface area contributed by atoms with Crippen LogP contribution in [0, 0.1) is 6.92 Å². The smallest absolute Gasteiger partial charge is 0.399 e. The summed E-state index contributed by atoms with van der Waals surface area (Å²) in [6.45, 7) is 10.2. The number of carbonyl (C=O) groups excluding carboxylic acids is 1. The summed E-state index contributed by atoms with van der Waals surface area (Å²) >= 11 is 0. The Balaban J connectivity index is 1.59. The van der Waals surface area contributed by atoms with Crippen molar-refractivity contribution < 1.29 is 14.1 Å². The summed E-state index contributed by atoms with van der Waals surface area (Å²) < 4.78 is 12.4. The van der Waals surface area contributed by atoms with Crippen LogP contribution < -0.4 is 10.8 Å². The van der Waals surface area contributed by atoms with Crippen molar-refractivity contribution in [2.75, 3.05) is 5.32 Å². The highest BCUT2D eigenvalue weighted by Crippen LogP contribution is 2.36. The van der Waals surface area contributed by atoms with E-state index in [0.29, 0.717) is 5.56 Å². The van der Waals surface area contributed by atoms with Crippen LogP contribution in [-0.4, -0.2) is 24.2 Å². The number of amides is 1. The van der Waals surface area contributed by atoms with Gasteiger partial charge >= 0.3 is 7.12 Å². The van der Waals surface area contributed by atoms with Crippen LogP contribution in [0.25, 0.3) is 0 Å². The van der Waals surface area contributed by atoms with Crippen LogP contribution >= 0.6 is 0 Å². The number of anilines is 1. The molecule has 1 N–H and O–H groups in total. The maximum Gasteiger partial charge on any atom is 0.495 e. The quantitative estimate of drug-likeness (QED) is 0.822. The Bertz CT molecular complexity index is 919. The molecule has 0 radical (unpaired) electrons. The molecule has 0 bridgehead atoms. The Morgan fingerprint density at radius 1 is 1.04 bits per heavy atom. The van der Waals surface area contributed by atoms with Crippen LogP contribution in [0.5, 0.6) is 0 Å². The predicted octanol–water partition coefficient (Wildman–Crippen LogP) is 4.04. The van der Waals surface area contributed by atoms with Gasteiger partial charge in [0.25, 0.3) is 5.91 Å². The topological polar surface area (TPSA) is 47.6 Å². The summed E-state index contributed by atoms with van der Waals surface area (Å²) in [5, 5.41) is 3.11. The molecule has 1 fully saturated rings. The molecule has 1 heterocycles. The fourth-order valence-corrected chi connectivity index (χ4v) is 3.94. The molecular weight excluding hydrogens is 349 g/mol. The summed E-state index contributed by atoms with van der Waals surface area (Å²) in [6, 6.07) is 11.9. The highest BCUT2D eigenvalue weighted by molar-refractivity contribution is 6.62. The number of nitrogens with one attached hydrogen (secondary N) is 1. The van der Waals surface area contributed by atoms with E-state index < -0.39 is 18.3 Å². The van der Waals surface area contributed by atoms with Crippen molar-refractivity contribution in [2.24, 2.45) is 0 Å². The summed E-state index contributed by atoms with van der Waals surface area (Å²) in [4.78, 5) is 13.0. The van der Waals surface area contributed by atoms with Crippen LogP contribution in [0.1, 0.15) is 61.2 Å². The van der Waals surface area contributed by atoms with E-state index >= 15 is 0 Å². The Morgan fingerprint density at radius 2 is 1.75 bits per heavy atom. The zero-order valence-corrected chi connectivity index (χ0v) is 17.4. The molecule has 0 saturated carbocycles. The summed E-state index contributed by atoms with van der Waals surface area (Å²) in [6.07, 6.45) is 3.27. The maximum atomic E-state index is 13.0. The van der Waals surface area contributed by atoms with Gasteiger partial charge < -0.3 is 14.6 Å². The van der Waals surface area contributed by atoms with E-state index in [1.54, 1.807) is 0 Å². The molecule has 1 amide bonds. The van der Waals surface area contributed by atoms with Gasteiger partial charge in [0.2, 0.25) is 0 Å². The van der Waals surface area contributed by atoms with Crippen molar-refractivity contribution in [3.05, 3.63) is 58.7 Å². The Morgan fingerprint density at radius 3 is 2.46 bits per heavy atom. The first kappa shape index (κ1) is 19.2. The van der Waals surface area contributed by atoms with E-state index in [4.69, 9.17) is 9.31 Å². The zero-order valence-electron chi connectivity index (χ0n) is 17.4. The molecule has 1 saturated heterocycles. The van der Waals surface area contributed by atoms with Crippen LogP contribution in [0.4, 0.5) is 5.69 Å². The highest BCUT2D eigenvalue weighted by atomic mass is 16.7. The fraction of sp³-hybridized carbons (Fsp3) is 0.435. The van der Waals surface area contributed by atoms with Crippen molar-refractivity contribution in [2.45, 2.75) is 65.1 Å². The SMILES string of the molecule is Cc1ccc(C(=O)Nc2cccc3c2CCC3)cc1B1OC(C)(C)C(C)(C)O1. The summed E-state index contributed by atoms with van der Waals surface area (Å²) in [5.74, 6) is -0.0990. The minimum atomic E-state index is -0.473. The first-order valence-corrected chi connectivity index (χ1v) is 10.1. The number of carbonyl (C=O) groups is 1. The normalized spacial score (nSPS) is 19.5. The van der Waals surface area contributed by atoms with E-state index in [2.05, 4.69) is 11.4 Å². The number of hydrogen-bond acceptors (Lipinski definition) is 3. The lowest BCUT2D eigenvalue weighted by molar-refractivity contribution is 0.00578. The van der Waals surface area contributed by atoms with Crippen molar-refractivity contribution in [1.29, 1.82) is 0 Å². The van der Waals surface area contributed by atoms with Crippen molar-refractivity contribution in [3.63, 3.8) is 0 Å². The fourth-order valence-electron chi connectivity index (χ4n) is 3.94. The molecule has 0 unspecified atom stereocenters. The minimum Gasteiger partial charge on any atom is -0.399 e. The monoisotopic (exact) mass is 377 g/mol. The van der Waals surface area contributed by atoms with Crippen molar-refractivity contribution in [3.8, 4) is 0 Å². The molecule has 0 aromatic heterocycles. The molecular formula is C23H28BNO3. The van der Waals surface area contributed by atoms with E-state index in [9.17, 15) is 4.79 Å². The molecule has 2 aliphatic rings. The van der Waals surface area contributed by atoms with E-state index in [0.717, 1.165) is 36.0 Å². The number of aryl methyl sites for hydroxylation is 2. The van der Waals surface area contributed by atoms with Gasteiger partial charge in [-0.1, -0.05) is 23.8 Å². The standard InChI is InChI=1S/C23H28BNO3/c1-15-12-13-17(14-19(15)24-27-22(2,3)23(4,5)28-24)21(26)25-20-11-7-9-16-8-6-10-18(16)20/h7,9,11-14H,6,8,10H2,1-5H3,(H,25,26). The first-order valence-electron chi connectivity index (χ1n) is 10.1. The number of fused-ring (bicyclic) bond motifs is 1. The van der Waals surface area contributed by atoms with Gasteiger partial charge in [0, 0.05) is 11.3 Å². The zero-order chi connectivity index (χ0) is 20.1. The van der Waals surface area contributed by atoms with Crippen LogP contribution in [-0.2, 0) is 22.2 Å². The second kappa shape index (κ2) is 6.75. The van der Waals surface area contributed by atoms with Gasteiger partial charge in [0.05, 0.1) is 11.2 Å². The number of benzene rings is 2. The third-order valence-corrected chi connectivity index (χ3v) is 6.44. The highest BCUT2D eigenvalue weighted by Gasteiger charge is 2.52. The maximum absolute atomic E-state index is 13.0. The molecule has 0 spiro atoms. The second-order valence-electron chi connectivity index (χ2n) is 8.91. The molecule has 1 aliphatic heterocycles. The predicted molar refractivity (Wildman–Crippen MR) is 113 cm³/mol. The van der Waals surface area contributed by atoms with Gasteiger partial charge in [-0.05, 0) is 88.7 Å². The van der Waals surface area contributed by atoms with Crippen LogP contribution in [0.15, 0.2) is 36.4 Å². The molecule has 4 rings (SSSR count). The Labute approximate surface area is 167 Å². The molecule has 4 nitrogen and oxygen atoms in total. The molecule has 2 aromatic rings. The van der Waals surface area contributed by atoms with E-state index in [-0.39, 0.29) is 5.91 Å². The van der Waals surface area contributed by atoms with E-state index in [1.807, 2.05) is 65.0 Å². The lowest BCUT2D eigenvalue weighted by Crippen LogP contribution is -2.41. The Kier molecular flexibility index (Phi) is 4.63. The van der Waals surface area contributed by atoms with Crippen LogP contribution in [0.2, 0.25) is 0 Å².